The first-order chi connectivity index (χ1) is 9.38. The summed E-state index contributed by atoms with van der Waals surface area (Å²) in [7, 11) is 0. The molecule has 3 rings (SSSR count). The Kier molecular flexibility index (Phi) is 2.90. The van der Waals surface area contributed by atoms with Gasteiger partial charge >= 0.3 is 0 Å². The van der Waals surface area contributed by atoms with Crippen molar-refractivity contribution >= 4 is 6.29 Å². The van der Waals surface area contributed by atoms with Gasteiger partial charge in [0.15, 0.2) is 12.1 Å². The van der Waals surface area contributed by atoms with Crippen molar-refractivity contribution in [1.29, 1.82) is 0 Å². The second kappa shape index (κ2) is 4.86. The normalized spacial score (nSPS) is 10.3. The van der Waals surface area contributed by atoms with Crippen LogP contribution in [0.25, 0.3) is 17.1 Å². The highest BCUT2D eigenvalue weighted by Crippen LogP contribution is 2.20. The summed E-state index contributed by atoms with van der Waals surface area (Å²) < 4.78 is 1.68. The van der Waals surface area contributed by atoms with E-state index in [1.807, 2.05) is 60.7 Å². The summed E-state index contributed by atoms with van der Waals surface area (Å²) in [5, 5.41) is 4.21. The number of hydrogen-bond donors (Lipinski definition) is 0. The molecule has 1 aromatic heterocycles. The minimum atomic E-state index is 0.183. The molecule has 92 valence electrons. The molecule has 19 heavy (non-hydrogen) atoms. The summed E-state index contributed by atoms with van der Waals surface area (Å²) in [4.78, 5) is 15.2. The summed E-state index contributed by atoms with van der Waals surface area (Å²) in [6.45, 7) is 0. The molecule has 0 fully saturated rings. The quantitative estimate of drug-likeness (QED) is 0.670. The molecule has 0 aliphatic rings. The van der Waals surface area contributed by atoms with Crippen LogP contribution in [0.3, 0.4) is 0 Å². The van der Waals surface area contributed by atoms with Crippen molar-refractivity contribution in [3.63, 3.8) is 0 Å². The van der Waals surface area contributed by atoms with Crippen molar-refractivity contribution in [3.8, 4) is 17.1 Å². The van der Waals surface area contributed by atoms with Gasteiger partial charge in [-0.15, -0.1) is 5.10 Å². The zero-order valence-electron chi connectivity index (χ0n) is 10.1. The van der Waals surface area contributed by atoms with Crippen LogP contribution in [0.5, 0.6) is 0 Å². The molecule has 0 saturated heterocycles. The van der Waals surface area contributed by atoms with Crippen LogP contribution < -0.4 is 0 Å². The monoisotopic (exact) mass is 249 g/mol. The van der Waals surface area contributed by atoms with Crippen molar-refractivity contribution in [2.24, 2.45) is 0 Å². The first-order valence-corrected chi connectivity index (χ1v) is 5.91. The van der Waals surface area contributed by atoms with E-state index in [-0.39, 0.29) is 5.82 Å². The first-order valence-electron chi connectivity index (χ1n) is 5.91. The van der Waals surface area contributed by atoms with E-state index < -0.39 is 0 Å². The van der Waals surface area contributed by atoms with E-state index >= 15 is 0 Å². The third kappa shape index (κ3) is 2.15. The Labute approximate surface area is 110 Å². The lowest BCUT2D eigenvalue weighted by Crippen LogP contribution is -1.99. The summed E-state index contributed by atoms with van der Waals surface area (Å²) in [5.74, 6) is 0.844. The van der Waals surface area contributed by atoms with Gasteiger partial charge in [-0.3, -0.25) is 4.79 Å². The summed E-state index contributed by atoms with van der Waals surface area (Å²) in [6, 6.07) is 19.3. The largest absolute Gasteiger partial charge is 0.294 e. The van der Waals surface area contributed by atoms with E-state index in [1.165, 1.54) is 0 Å². The van der Waals surface area contributed by atoms with E-state index in [0.29, 0.717) is 12.1 Å². The molecule has 4 heteroatoms. The van der Waals surface area contributed by atoms with Crippen molar-refractivity contribution < 1.29 is 4.79 Å². The molecule has 0 spiro atoms. The Bertz CT molecular complexity index is 633. The van der Waals surface area contributed by atoms with Crippen LogP contribution in [-0.2, 0) is 0 Å². The third-order valence-electron chi connectivity index (χ3n) is 2.76. The van der Waals surface area contributed by atoms with Gasteiger partial charge in [0.2, 0.25) is 5.82 Å². The minimum absolute atomic E-state index is 0.183. The molecule has 0 atom stereocenters. The minimum Gasteiger partial charge on any atom is -0.294 e. The molecule has 0 saturated carbocycles. The number of benzene rings is 2. The van der Waals surface area contributed by atoms with Crippen molar-refractivity contribution in [3.05, 3.63) is 66.5 Å². The molecule has 0 unspecified atom stereocenters. The molecule has 0 radical (unpaired) electrons. The number of aldehydes is 1. The van der Waals surface area contributed by atoms with Crippen LogP contribution in [0.15, 0.2) is 60.7 Å². The van der Waals surface area contributed by atoms with Crippen molar-refractivity contribution in [2.45, 2.75) is 0 Å². The second-order valence-electron chi connectivity index (χ2n) is 4.02. The summed E-state index contributed by atoms with van der Waals surface area (Å²) in [5.41, 5.74) is 1.80. The second-order valence-corrected chi connectivity index (χ2v) is 4.02. The number of carbonyl (C=O) groups is 1. The van der Waals surface area contributed by atoms with E-state index in [4.69, 9.17) is 0 Å². The standard InChI is InChI=1S/C15H11N3O/c19-11-14-16-15(12-7-3-1-4-8-12)18(17-14)13-9-5-2-6-10-13/h1-11H. The summed E-state index contributed by atoms with van der Waals surface area (Å²) >= 11 is 0. The Morgan fingerprint density at radius 3 is 2.16 bits per heavy atom. The van der Waals surface area contributed by atoms with Gasteiger partial charge in [-0.2, -0.15) is 0 Å². The zero-order chi connectivity index (χ0) is 13.1. The Balaban J connectivity index is 2.19. The van der Waals surface area contributed by atoms with Crippen molar-refractivity contribution in [1.82, 2.24) is 14.8 Å². The number of nitrogens with zero attached hydrogens (tertiary/aromatic N) is 3. The maximum Gasteiger partial charge on any atom is 0.215 e. The van der Waals surface area contributed by atoms with Gasteiger partial charge in [-0.25, -0.2) is 9.67 Å². The topological polar surface area (TPSA) is 47.8 Å². The summed E-state index contributed by atoms with van der Waals surface area (Å²) in [6.07, 6.45) is 0.659. The van der Waals surface area contributed by atoms with Crippen LogP contribution in [-0.4, -0.2) is 21.1 Å². The van der Waals surface area contributed by atoms with E-state index in [1.54, 1.807) is 4.68 Å². The maximum atomic E-state index is 10.9. The number of hydrogen-bond acceptors (Lipinski definition) is 3. The highest BCUT2D eigenvalue weighted by Gasteiger charge is 2.12. The van der Waals surface area contributed by atoms with E-state index in [9.17, 15) is 4.79 Å². The fourth-order valence-electron chi connectivity index (χ4n) is 1.90. The fraction of sp³-hybridized carbons (Fsp3) is 0. The molecule has 0 aliphatic heterocycles. The lowest BCUT2D eigenvalue weighted by atomic mass is 10.2. The molecule has 3 aromatic rings. The van der Waals surface area contributed by atoms with Gasteiger partial charge in [0.25, 0.3) is 0 Å². The third-order valence-corrected chi connectivity index (χ3v) is 2.76. The maximum absolute atomic E-state index is 10.9. The first kappa shape index (κ1) is 11.3. The SMILES string of the molecule is O=Cc1nc(-c2ccccc2)n(-c2ccccc2)n1. The molecular weight excluding hydrogens is 238 g/mol. The fourth-order valence-corrected chi connectivity index (χ4v) is 1.90. The van der Waals surface area contributed by atoms with Gasteiger partial charge < -0.3 is 0 Å². The predicted octanol–water partition coefficient (Wildman–Crippen LogP) is 2.75. The molecule has 0 bridgehead atoms. The van der Waals surface area contributed by atoms with Gasteiger partial charge in [0.05, 0.1) is 5.69 Å². The highest BCUT2D eigenvalue weighted by molar-refractivity contribution is 5.71. The molecule has 0 N–H and O–H groups in total. The molecule has 4 nitrogen and oxygen atoms in total. The Morgan fingerprint density at radius 1 is 0.895 bits per heavy atom. The van der Waals surface area contributed by atoms with Crippen molar-refractivity contribution in [2.75, 3.05) is 0 Å². The molecule has 0 amide bonds. The van der Waals surface area contributed by atoms with E-state index in [0.717, 1.165) is 11.3 Å². The molecular formula is C15H11N3O. The lowest BCUT2D eigenvalue weighted by Gasteiger charge is -2.05. The number of aromatic nitrogens is 3. The Morgan fingerprint density at radius 2 is 1.53 bits per heavy atom. The van der Waals surface area contributed by atoms with Gasteiger partial charge in [-0.05, 0) is 12.1 Å². The highest BCUT2D eigenvalue weighted by atomic mass is 16.1. The molecule has 2 aromatic carbocycles. The van der Waals surface area contributed by atoms with Crippen LogP contribution >= 0.6 is 0 Å². The number of carbonyl (C=O) groups excluding carboxylic acids is 1. The lowest BCUT2D eigenvalue weighted by molar-refractivity contribution is 0.111. The average molecular weight is 249 g/mol. The van der Waals surface area contributed by atoms with Crippen LogP contribution in [0, 0.1) is 0 Å². The Hall–Kier alpha value is -2.75. The predicted molar refractivity (Wildman–Crippen MR) is 72.2 cm³/mol. The zero-order valence-corrected chi connectivity index (χ0v) is 10.1. The molecule has 1 heterocycles. The average Bonchev–Trinajstić information content (AvgIpc) is 2.93. The van der Waals surface area contributed by atoms with Crippen LogP contribution in [0.2, 0.25) is 0 Å². The van der Waals surface area contributed by atoms with Gasteiger partial charge in [0, 0.05) is 5.56 Å². The number of para-hydroxylation sites is 1. The van der Waals surface area contributed by atoms with Crippen LogP contribution in [0.1, 0.15) is 10.6 Å². The molecule has 0 aliphatic carbocycles. The van der Waals surface area contributed by atoms with Gasteiger partial charge in [0.1, 0.15) is 0 Å². The smallest absolute Gasteiger partial charge is 0.215 e. The number of rotatable bonds is 3. The van der Waals surface area contributed by atoms with Gasteiger partial charge in [-0.1, -0.05) is 48.5 Å². The van der Waals surface area contributed by atoms with Crippen LogP contribution in [0.4, 0.5) is 0 Å². The van der Waals surface area contributed by atoms with E-state index in [2.05, 4.69) is 10.1 Å².